The summed E-state index contributed by atoms with van der Waals surface area (Å²) in [7, 11) is 0. The van der Waals surface area contributed by atoms with Gasteiger partial charge in [-0.1, -0.05) is 18.2 Å². The third kappa shape index (κ3) is 3.78. The molecule has 2 aromatic carbocycles. The molecule has 24 heavy (non-hydrogen) atoms. The van der Waals surface area contributed by atoms with Crippen LogP contribution in [0.5, 0.6) is 0 Å². The first-order valence-corrected chi connectivity index (χ1v) is 7.65. The number of ether oxygens (including phenoxy) is 1. The van der Waals surface area contributed by atoms with Crippen LogP contribution in [0.4, 0.5) is 15.8 Å². The first-order chi connectivity index (χ1) is 11.6. The number of morpholine rings is 1. The van der Waals surface area contributed by atoms with Gasteiger partial charge in [0.1, 0.15) is 12.4 Å². The van der Waals surface area contributed by atoms with Gasteiger partial charge in [-0.15, -0.1) is 0 Å². The number of nitrogens with zero attached hydrogens (tertiary/aromatic N) is 1. The largest absolute Gasteiger partial charge is 0.370 e. The lowest BCUT2D eigenvalue weighted by atomic mass is 10.1. The molecule has 1 aliphatic heterocycles. The van der Waals surface area contributed by atoms with Gasteiger partial charge in [-0.25, -0.2) is 4.39 Å². The fraction of sp³-hybridized carbons (Fsp3) is 0.222. The molecule has 0 saturated carbocycles. The molecule has 1 N–H and O–H groups in total. The molecular weight excluding hydrogens is 311 g/mol. The second-order valence-corrected chi connectivity index (χ2v) is 5.46. The highest BCUT2D eigenvalue weighted by Gasteiger charge is 2.20. The van der Waals surface area contributed by atoms with Crippen LogP contribution < -0.4 is 10.2 Å². The summed E-state index contributed by atoms with van der Waals surface area (Å²) in [6, 6.07) is 13.2. The van der Waals surface area contributed by atoms with E-state index < -0.39 is 5.82 Å². The van der Waals surface area contributed by atoms with Crippen LogP contribution in [-0.4, -0.2) is 31.6 Å². The zero-order valence-electron chi connectivity index (χ0n) is 13.0. The molecule has 5 nitrogen and oxygen atoms in total. The Hall–Kier alpha value is -2.73. The first kappa shape index (κ1) is 16.1. The Labute approximate surface area is 139 Å². The topological polar surface area (TPSA) is 58.6 Å². The lowest BCUT2D eigenvalue weighted by Crippen LogP contribution is -2.41. The Morgan fingerprint density at radius 3 is 2.62 bits per heavy atom. The van der Waals surface area contributed by atoms with Crippen molar-refractivity contribution >= 4 is 23.2 Å². The molecule has 1 saturated heterocycles. The van der Waals surface area contributed by atoms with Crippen LogP contribution in [0.25, 0.3) is 0 Å². The minimum atomic E-state index is -0.395. The van der Waals surface area contributed by atoms with Crippen molar-refractivity contribution in [3.05, 3.63) is 59.9 Å². The van der Waals surface area contributed by atoms with Crippen LogP contribution in [0.3, 0.4) is 0 Å². The number of benzene rings is 2. The van der Waals surface area contributed by atoms with E-state index >= 15 is 0 Å². The number of anilines is 2. The fourth-order valence-corrected chi connectivity index (χ4v) is 2.54. The van der Waals surface area contributed by atoms with Crippen molar-refractivity contribution in [1.29, 1.82) is 0 Å². The highest BCUT2D eigenvalue weighted by molar-refractivity contribution is 5.96. The number of carbonyl (C=O) groups excluding carboxylic acids is 2. The molecule has 3 rings (SSSR count). The molecule has 1 fully saturated rings. The van der Waals surface area contributed by atoms with Crippen molar-refractivity contribution in [2.75, 3.05) is 30.0 Å². The molecule has 0 radical (unpaired) electrons. The number of nitrogens with one attached hydrogen (secondary N) is 1. The second-order valence-electron chi connectivity index (χ2n) is 5.46. The lowest BCUT2D eigenvalue weighted by Gasteiger charge is -2.26. The molecule has 0 aromatic heterocycles. The third-order valence-electron chi connectivity index (χ3n) is 3.76. The molecule has 1 aliphatic rings. The molecule has 0 spiro atoms. The molecule has 0 unspecified atom stereocenters. The minimum absolute atomic E-state index is 0.0314. The molecule has 124 valence electrons. The Morgan fingerprint density at radius 2 is 1.92 bits per heavy atom. The average molecular weight is 328 g/mol. The number of amides is 2. The Morgan fingerprint density at radius 1 is 1.17 bits per heavy atom. The number of hydrogen-bond acceptors (Lipinski definition) is 3. The summed E-state index contributed by atoms with van der Waals surface area (Å²) in [4.78, 5) is 25.4. The predicted molar refractivity (Wildman–Crippen MR) is 88.3 cm³/mol. The van der Waals surface area contributed by atoms with Gasteiger partial charge in [-0.05, 0) is 35.9 Å². The maximum Gasteiger partial charge on any atom is 0.253 e. The van der Waals surface area contributed by atoms with Crippen molar-refractivity contribution in [3.63, 3.8) is 0 Å². The molecular formula is C18H17FN2O3. The average Bonchev–Trinajstić information content (AvgIpc) is 2.58. The van der Waals surface area contributed by atoms with E-state index in [9.17, 15) is 14.0 Å². The Kier molecular flexibility index (Phi) is 4.86. The molecule has 0 bridgehead atoms. The van der Waals surface area contributed by atoms with E-state index in [1.54, 1.807) is 47.4 Å². The summed E-state index contributed by atoms with van der Waals surface area (Å²) in [6.45, 7) is 1.10. The summed E-state index contributed by atoms with van der Waals surface area (Å²) in [5.41, 5.74) is 1.71. The first-order valence-electron chi connectivity index (χ1n) is 7.65. The van der Waals surface area contributed by atoms with E-state index in [-0.39, 0.29) is 24.8 Å². The van der Waals surface area contributed by atoms with E-state index in [1.165, 1.54) is 6.07 Å². The van der Waals surface area contributed by atoms with E-state index in [1.807, 2.05) is 0 Å². The van der Waals surface area contributed by atoms with Gasteiger partial charge in [-0.3, -0.25) is 9.59 Å². The SMILES string of the molecule is O=C(Cc1ccccc1F)Nc1ccc(N2CCOCC2=O)cc1. The van der Waals surface area contributed by atoms with Crippen LogP contribution in [0, 0.1) is 5.82 Å². The van der Waals surface area contributed by atoms with Crippen LogP contribution in [0.1, 0.15) is 5.56 Å². The molecule has 0 atom stereocenters. The van der Waals surface area contributed by atoms with Gasteiger partial charge in [0.05, 0.1) is 13.0 Å². The van der Waals surface area contributed by atoms with Crippen LogP contribution in [0.2, 0.25) is 0 Å². The van der Waals surface area contributed by atoms with Crippen molar-refractivity contribution in [3.8, 4) is 0 Å². The minimum Gasteiger partial charge on any atom is -0.370 e. The molecule has 2 amide bonds. The Balaban J connectivity index is 1.62. The number of rotatable bonds is 4. The fourth-order valence-electron chi connectivity index (χ4n) is 2.54. The van der Waals surface area contributed by atoms with Gasteiger partial charge in [0.25, 0.3) is 5.91 Å². The van der Waals surface area contributed by atoms with Gasteiger partial charge >= 0.3 is 0 Å². The number of carbonyl (C=O) groups is 2. The standard InChI is InChI=1S/C18H17FN2O3/c19-16-4-2-1-3-13(16)11-17(22)20-14-5-7-15(8-6-14)21-9-10-24-12-18(21)23/h1-8H,9-12H2,(H,20,22). The quantitative estimate of drug-likeness (QED) is 0.937. The van der Waals surface area contributed by atoms with E-state index in [4.69, 9.17) is 4.74 Å². The van der Waals surface area contributed by atoms with Crippen molar-refractivity contribution in [2.24, 2.45) is 0 Å². The summed E-state index contributed by atoms with van der Waals surface area (Å²) in [6.07, 6.45) is -0.0314. The number of hydrogen-bond donors (Lipinski definition) is 1. The number of halogens is 1. The predicted octanol–water partition coefficient (Wildman–Crippen LogP) is 2.37. The smallest absolute Gasteiger partial charge is 0.253 e. The van der Waals surface area contributed by atoms with E-state index in [0.717, 1.165) is 5.69 Å². The maximum atomic E-state index is 13.6. The zero-order valence-corrected chi connectivity index (χ0v) is 13.0. The second kappa shape index (κ2) is 7.23. The summed E-state index contributed by atoms with van der Waals surface area (Å²) < 4.78 is 18.7. The van der Waals surface area contributed by atoms with Gasteiger partial charge < -0.3 is 15.0 Å². The highest BCUT2D eigenvalue weighted by atomic mass is 19.1. The van der Waals surface area contributed by atoms with Crippen molar-refractivity contribution in [2.45, 2.75) is 6.42 Å². The third-order valence-corrected chi connectivity index (χ3v) is 3.76. The van der Waals surface area contributed by atoms with Crippen molar-refractivity contribution < 1.29 is 18.7 Å². The monoisotopic (exact) mass is 328 g/mol. The molecule has 2 aromatic rings. The lowest BCUT2D eigenvalue weighted by molar-refractivity contribution is -0.125. The van der Waals surface area contributed by atoms with Gasteiger partial charge in [0.15, 0.2) is 0 Å². The van der Waals surface area contributed by atoms with Crippen LogP contribution in [0.15, 0.2) is 48.5 Å². The summed E-state index contributed by atoms with van der Waals surface area (Å²) >= 11 is 0. The highest BCUT2D eigenvalue weighted by Crippen LogP contribution is 2.20. The van der Waals surface area contributed by atoms with Gasteiger partial charge in [0, 0.05) is 17.9 Å². The van der Waals surface area contributed by atoms with E-state index in [2.05, 4.69) is 5.32 Å². The molecule has 6 heteroatoms. The van der Waals surface area contributed by atoms with Crippen molar-refractivity contribution in [1.82, 2.24) is 0 Å². The maximum absolute atomic E-state index is 13.6. The Bertz CT molecular complexity index is 746. The van der Waals surface area contributed by atoms with E-state index in [0.29, 0.717) is 24.4 Å². The summed E-state index contributed by atoms with van der Waals surface area (Å²) in [5, 5.41) is 2.73. The normalized spacial score (nSPS) is 14.5. The summed E-state index contributed by atoms with van der Waals surface area (Å²) in [5.74, 6) is -0.776. The van der Waals surface area contributed by atoms with Crippen LogP contribution >= 0.6 is 0 Å². The molecule has 0 aliphatic carbocycles. The van der Waals surface area contributed by atoms with Gasteiger partial charge in [0.2, 0.25) is 5.91 Å². The molecule has 1 heterocycles. The van der Waals surface area contributed by atoms with Gasteiger partial charge in [-0.2, -0.15) is 0 Å². The zero-order chi connectivity index (χ0) is 16.9. The van der Waals surface area contributed by atoms with Crippen LogP contribution in [-0.2, 0) is 20.7 Å².